The second-order valence-corrected chi connectivity index (χ2v) is 8.70. The monoisotopic (exact) mass is 452 g/mol. The van der Waals surface area contributed by atoms with Crippen molar-refractivity contribution in [2.24, 2.45) is 0 Å². The molecule has 4 heterocycles. The summed E-state index contributed by atoms with van der Waals surface area (Å²) in [4.78, 5) is 18.2. The van der Waals surface area contributed by atoms with E-state index in [1.807, 2.05) is 0 Å². The molecular weight excluding hydrogens is 428 g/mol. The molecular formula is C22H25BrN6. The first-order chi connectivity index (χ1) is 14.1. The number of aromatic nitrogens is 4. The topological polar surface area (TPSA) is 53.0 Å². The van der Waals surface area contributed by atoms with Crippen molar-refractivity contribution < 1.29 is 0 Å². The zero-order chi connectivity index (χ0) is 20.0. The summed E-state index contributed by atoms with van der Waals surface area (Å²) in [5, 5.41) is 1.17. The Morgan fingerprint density at radius 1 is 1.07 bits per heavy atom. The van der Waals surface area contributed by atoms with Gasteiger partial charge in [0.05, 0.1) is 0 Å². The molecule has 1 aliphatic rings. The number of nitrogens with zero attached hydrogens (tertiary/aromatic N) is 5. The van der Waals surface area contributed by atoms with Crippen LogP contribution in [0, 0.1) is 0 Å². The summed E-state index contributed by atoms with van der Waals surface area (Å²) in [7, 11) is 2.18. The van der Waals surface area contributed by atoms with Crippen molar-refractivity contribution in [2.75, 3.05) is 38.1 Å². The summed E-state index contributed by atoms with van der Waals surface area (Å²) in [6, 6.07) is 10.5. The minimum atomic E-state index is 0.895. The number of H-pyrrole nitrogens is 1. The fourth-order valence-corrected chi connectivity index (χ4v) is 4.48. The number of hydrogen-bond acceptors (Lipinski definition) is 4. The lowest BCUT2D eigenvalue weighted by molar-refractivity contribution is 0.312. The molecule has 29 heavy (non-hydrogen) atoms. The predicted molar refractivity (Wildman–Crippen MR) is 123 cm³/mol. The van der Waals surface area contributed by atoms with Gasteiger partial charge >= 0.3 is 0 Å². The Hall–Kier alpha value is -2.38. The number of pyridine rings is 1. The third kappa shape index (κ3) is 3.32. The number of anilines is 1. The Morgan fingerprint density at radius 3 is 2.69 bits per heavy atom. The van der Waals surface area contributed by atoms with Crippen molar-refractivity contribution in [3.05, 3.63) is 41.0 Å². The van der Waals surface area contributed by atoms with Crippen LogP contribution in [0.25, 0.3) is 33.5 Å². The number of rotatable bonds is 4. The van der Waals surface area contributed by atoms with Crippen molar-refractivity contribution in [3.63, 3.8) is 0 Å². The number of halogens is 1. The average molecular weight is 453 g/mol. The van der Waals surface area contributed by atoms with Crippen LogP contribution in [0.15, 0.2) is 41.0 Å². The molecule has 7 heteroatoms. The molecule has 150 valence electrons. The maximum absolute atomic E-state index is 5.06. The van der Waals surface area contributed by atoms with Gasteiger partial charge in [-0.3, -0.25) is 0 Å². The Bertz CT molecular complexity index is 1170. The summed E-state index contributed by atoms with van der Waals surface area (Å²) >= 11 is 3.60. The number of nitrogens with one attached hydrogen (secondary N) is 1. The molecule has 0 bridgehead atoms. The van der Waals surface area contributed by atoms with Gasteiger partial charge in [0.1, 0.15) is 17.2 Å². The van der Waals surface area contributed by atoms with Crippen molar-refractivity contribution in [3.8, 4) is 11.4 Å². The number of aryl methyl sites for hydroxylation is 1. The standard InChI is InChI=1S/C22H25BrN6/c1-3-8-29-21(17-14-24-18-5-4-15(23)13-16(17)18)25-19-6-7-20(26-22(19)29)28-11-9-27(2)10-12-28/h4-7,13-14,24H,3,8-12H2,1-2H3. The number of likely N-dealkylation sites (N-methyl/N-ethyl adjacent to an activating group) is 1. The Kier molecular flexibility index (Phi) is 4.80. The lowest BCUT2D eigenvalue weighted by Gasteiger charge is -2.33. The number of fused-ring (bicyclic) bond motifs is 2. The molecule has 3 aromatic heterocycles. The highest BCUT2D eigenvalue weighted by molar-refractivity contribution is 9.10. The van der Waals surface area contributed by atoms with Crippen LogP contribution in [0.5, 0.6) is 0 Å². The SMILES string of the molecule is CCCn1c(-c2c[nH]c3ccc(Br)cc23)nc2ccc(N3CCN(C)CC3)nc21. The Labute approximate surface area is 178 Å². The van der Waals surface area contributed by atoms with Gasteiger partial charge in [-0.25, -0.2) is 9.97 Å². The first-order valence-electron chi connectivity index (χ1n) is 10.2. The Balaban J connectivity index is 1.64. The van der Waals surface area contributed by atoms with E-state index in [0.29, 0.717) is 0 Å². The molecule has 0 aliphatic carbocycles. The zero-order valence-corrected chi connectivity index (χ0v) is 18.4. The van der Waals surface area contributed by atoms with Gasteiger partial charge < -0.3 is 19.4 Å². The second kappa shape index (κ2) is 7.46. The maximum Gasteiger partial charge on any atom is 0.162 e. The van der Waals surface area contributed by atoms with E-state index in [0.717, 1.165) is 77.5 Å². The molecule has 1 saturated heterocycles. The van der Waals surface area contributed by atoms with E-state index in [9.17, 15) is 0 Å². The van der Waals surface area contributed by atoms with Crippen molar-refractivity contribution >= 4 is 43.8 Å². The van der Waals surface area contributed by atoms with E-state index >= 15 is 0 Å². The molecule has 0 saturated carbocycles. The van der Waals surface area contributed by atoms with E-state index < -0.39 is 0 Å². The summed E-state index contributed by atoms with van der Waals surface area (Å²) < 4.78 is 3.35. The average Bonchev–Trinajstić information content (AvgIpc) is 3.29. The van der Waals surface area contributed by atoms with Gasteiger partial charge in [0.25, 0.3) is 0 Å². The van der Waals surface area contributed by atoms with E-state index in [1.165, 1.54) is 5.39 Å². The smallest absolute Gasteiger partial charge is 0.162 e. The van der Waals surface area contributed by atoms with E-state index in [4.69, 9.17) is 9.97 Å². The first-order valence-corrected chi connectivity index (χ1v) is 11.0. The van der Waals surface area contributed by atoms with Gasteiger partial charge in [0.2, 0.25) is 0 Å². The lowest BCUT2D eigenvalue weighted by Crippen LogP contribution is -2.44. The van der Waals surface area contributed by atoms with Crippen LogP contribution >= 0.6 is 15.9 Å². The third-order valence-corrected chi connectivity index (χ3v) is 6.23. The fourth-order valence-electron chi connectivity index (χ4n) is 4.12. The van der Waals surface area contributed by atoms with Crippen LogP contribution in [-0.4, -0.2) is 57.6 Å². The molecule has 6 nitrogen and oxygen atoms in total. The van der Waals surface area contributed by atoms with Crippen molar-refractivity contribution in [1.29, 1.82) is 0 Å². The minimum Gasteiger partial charge on any atom is -0.360 e. The summed E-state index contributed by atoms with van der Waals surface area (Å²) in [6.07, 6.45) is 3.09. The van der Waals surface area contributed by atoms with Crippen LogP contribution in [0.1, 0.15) is 13.3 Å². The Morgan fingerprint density at radius 2 is 1.90 bits per heavy atom. The molecule has 0 radical (unpaired) electrons. The number of piperazine rings is 1. The number of benzene rings is 1. The minimum absolute atomic E-state index is 0.895. The lowest BCUT2D eigenvalue weighted by atomic mass is 10.1. The van der Waals surface area contributed by atoms with Gasteiger partial charge in [-0.2, -0.15) is 0 Å². The van der Waals surface area contributed by atoms with Crippen LogP contribution in [0.4, 0.5) is 5.82 Å². The second-order valence-electron chi connectivity index (χ2n) is 7.78. The van der Waals surface area contributed by atoms with E-state index in [2.05, 4.69) is 85.8 Å². The van der Waals surface area contributed by atoms with Gasteiger partial charge in [0.15, 0.2) is 5.65 Å². The maximum atomic E-state index is 5.06. The molecule has 1 aromatic carbocycles. The summed E-state index contributed by atoms with van der Waals surface area (Å²) in [5.41, 5.74) is 4.16. The van der Waals surface area contributed by atoms with E-state index in [-0.39, 0.29) is 0 Å². The largest absolute Gasteiger partial charge is 0.360 e. The molecule has 0 atom stereocenters. The highest BCUT2D eigenvalue weighted by Crippen LogP contribution is 2.33. The van der Waals surface area contributed by atoms with Gasteiger partial charge in [-0.15, -0.1) is 0 Å². The van der Waals surface area contributed by atoms with Crippen LogP contribution in [-0.2, 0) is 6.54 Å². The van der Waals surface area contributed by atoms with Gasteiger partial charge in [-0.1, -0.05) is 22.9 Å². The molecule has 1 fully saturated rings. The van der Waals surface area contributed by atoms with Crippen LogP contribution < -0.4 is 4.90 Å². The van der Waals surface area contributed by atoms with Crippen LogP contribution in [0.3, 0.4) is 0 Å². The molecule has 1 aliphatic heterocycles. The molecule has 4 aromatic rings. The predicted octanol–water partition coefficient (Wildman–Crippen LogP) is 4.50. The molecule has 1 N–H and O–H groups in total. The van der Waals surface area contributed by atoms with Crippen molar-refractivity contribution in [2.45, 2.75) is 19.9 Å². The molecule has 0 amide bonds. The highest BCUT2D eigenvalue weighted by atomic mass is 79.9. The number of imidazole rings is 1. The van der Waals surface area contributed by atoms with Gasteiger partial charge in [-0.05, 0) is 43.8 Å². The number of hydrogen-bond donors (Lipinski definition) is 1. The van der Waals surface area contributed by atoms with Crippen LogP contribution in [0.2, 0.25) is 0 Å². The number of aromatic amines is 1. The van der Waals surface area contributed by atoms with Crippen molar-refractivity contribution in [1.82, 2.24) is 24.4 Å². The summed E-state index contributed by atoms with van der Waals surface area (Å²) in [6.45, 7) is 7.27. The first kappa shape index (κ1) is 18.6. The zero-order valence-electron chi connectivity index (χ0n) is 16.8. The van der Waals surface area contributed by atoms with Gasteiger partial charge in [0, 0.05) is 59.9 Å². The van der Waals surface area contributed by atoms with E-state index in [1.54, 1.807) is 0 Å². The summed E-state index contributed by atoms with van der Waals surface area (Å²) in [5.74, 6) is 2.03. The molecule has 5 rings (SSSR count). The quantitative estimate of drug-likeness (QED) is 0.494. The molecule has 0 spiro atoms. The normalized spacial score (nSPS) is 15.6. The molecule has 0 unspecified atom stereocenters. The highest BCUT2D eigenvalue weighted by Gasteiger charge is 2.20. The third-order valence-electron chi connectivity index (χ3n) is 5.74. The fraction of sp³-hybridized carbons (Fsp3) is 0.364.